The number of hydrogen-bond donors (Lipinski definition) is 1. The number of benzene rings is 2. The molecule has 1 amide bonds. The Bertz CT molecular complexity index is 957. The molecule has 0 saturated carbocycles. The van der Waals surface area contributed by atoms with Gasteiger partial charge in [-0.15, -0.1) is 0 Å². The summed E-state index contributed by atoms with van der Waals surface area (Å²) in [7, 11) is 0. The van der Waals surface area contributed by atoms with E-state index in [2.05, 4.69) is 24.2 Å². The number of nitrogens with zero attached hydrogens (tertiary/aromatic N) is 1. The van der Waals surface area contributed by atoms with Crippen LogP contribution < -0.4 is 14.8 Å². The van der Waals surface area contributed by atoms with Gasteiger partial charge in [-0.3, -0.25) is 4.79 Å². The summed E-state index contributed by atoms with van der Waals surface area (Å²) >= 11 is 1.17. The van der Waals surface area contributed by atoms with Crippen molar-refractivity contribution in [3.8, 4) is 11.5 Å². The number of carbonyl (C=O) groups excluding carboxylic acids is 1. The maximum Gasteiger partial charge on any atom is 0.264 e. The SMILES string of the molecule is CCOc1cc(/C=C2\SC(=Nc3ccccc3F)NC2=O)ccc1OCC(C)C. The summed E-state index contributed by atoms with van der Waals surface area (Å²) in [6.45, 7) is 7.16. The van der Waals surface area contributed by atoms with Crippen LogP contribution in [-0.2, 0) is 4.79 Å². The van der Waals surface area contributed by atoms with Gasteiger partial charge < -0.3 is 14.8 Å². The molecule has 7 heteroatoms. The number of amides is 1. The minimum absolute atomic E-state index is 0.182. The van der Waals surface area contributed by atoms with Crippen molar-refractivity contribution in [1.82, 2.24) is 5.32 Å². The summed E-state index contributed by atoms with van der Waals surface area (Å²) in [5, 5.41) is 3.01. The standard InChI is InChI=1S/C22H23FN2O3S/c1-4-27-19-11-15(9-10-18(19)28-13-14(2)3)12-20-21(26)25-22(29-20)24-17-8-6-5-7-16(17)23/h5-12,14H,4,13H2,1-3H3,(H,24,25,26)/b20-12-. The first-order valence-electron chi connectivity index (χ1n) is 9.40. The Kier molecular flexibility index (Phi) is 6.93. The Morgan fingerprint density at radius 1 is 1.17 bits per heavy atom. The minimum atomic E-state index is -0.439. The van der Waals surface area contributed by atoms with E-state index in [9.17, 15) is 9.18 Å². The molecule has 1 N–H and O–H groups in total. The lowest BCUT2D eigenvalue weighted by Crippen LogP contribution is -2.19. The molecule has 0 aromatic heterocycles. The van der Waals surface area contributed by atoms with E-state index in [1.165, 1.54) is 17.8 Å². The van der Waals surface area contributed by atoms with E-state index in [-0.39, 0.29) is 11.6 Å². The van der Waals surface area contributed by atoms with Crippen LogP contribution in [0.3, 0.4) is 0 Å². The Hall–Kier alpha value is -2.80. The van der Waals surface area contributed by atoms with E-state index in [1.54, 1.807) is 24.3 Å². The van der Waals surface area contributed by atoms with Crippen molar-refractivity contribution in [3.63, 3.8) is 0 Å². The van der Waals surface area contributed by atoms with Crippen LogP contribution in [0, 0.1) is 11.7 Å². The van der Waals surface area contributed by atoms with E-state index < -0.39 is 5.82 Å². The van der Waals surface area contributed by atoms with Crippen LogP contribution in [0.4, 0.5) is 10.1 Å². The van der Waals surface area contributed by atoms with Gasteiger partial charge in [-0.2, -0.15) is 0 Å². The van der Waals surface area contributed by atoms with E-state index in [4.69, 9.17) is 9.47 Å². The number of carbonyl (C=O) groups is 1. The quantitative estimate of drug-likeness (QED) is 0.637. The summed E-state index contributed by atoms with van der Waals surface area (Å²) in [5.41, 5.74) is 0.983. The lowest BCUT2D eigenvalue weighted by atomic mass is 10.2. The molecule has 2 aromatic rings. The molecule has 5 nitrogen and oxygen atoms in total. The Balaban J connectivity index is 1.81. The van der Waals surface area contributed by atoms with Gasteiger partial charge in [0.1, 0.15) is 11.5 Å². The zero-order valence-corrected chi connectivity index (χ0v) is 17.4. The van der Waals surface area contributed by atoms with Crippen molar-refractivity contribution in [2.75, 3.05) is 13.2 Å². The summed E-state index contributed by atoms with van der Waals surface area (Å²) in [6.07, 6.45) is 1.75. The molecule has 0 radical (unpaired) electrons. The van der Waals surface area contributed by atoms with Crippen LogP contribution in [0.25, 0.3) is 6.08 Å². The minimum Gasteiger partial charge on any atom is -0.490 e. The first-order valence-corrected chi connectivity index (χ1v) is 10.2. The predicted octanol–water partition coefficient (Wildman–Crippen LogP) is 5.15. The molecule has 0 unspecified atom stereocenters. The summed E-state index contributed by atoms with van der Waals surface area (Å²) in [6, 6.07) is 11.7. The highest BCUT2D eigenvalue weighted by atomic mass is 32.2. The highest BCUT2D eigenvalue weighted by Gasteiger charge is 2.24. The highest BCUT2D eigenvalue weighted by Crippen LogP contribution is 2.33. The molecule has 3 rings (SSSR count). The molecule has 29 heavy (non-hydrogen) atoms. The zero-order valence-electron chi connectivity index (χ0n) is 16.6. The summed E-state index contributed by atoms with van der Waals surface area (Å²) in [4.78, 5) is 16.9. The lowest BCUT2D eigenvalue weighted by molar-refractivity contribution is -0.115. The zero-order chi connectivity index (χ0) is 20.8. The van der Waals surface area contributed by atoms with E-state index >= 15 is 0 Å². The smallest absolute Gasteiger partial charge is 0.264 e. The van der Waals surface area contributed by atoms with Gasteiger partial charge in [-0.25, -0.2) is 9.38 Å². The van der Waals surface area contributed by atoms with Gasteiger partial charge in [-0.05, 0) is 60.5 Å². The van der Waals surface area contributed by atoms with Gasteiger partial charge in [0.05, 0.1) is 18.1 Å². The van der Waals surface area contributed by atoms with Crippen molar-refractivity contribution in [3.05, 3.63) is 58.8 Å². The molecule has 152 valence electrons. The molecule has 0 bridgehead atoms. The van der Waals surface area contributed by atoms with Crippen LogP contribution in [0.2, 0.25) is 0 Å². The Morgan fingerprint density at radius 2 is 1.97 bits per heavy atom. The van der Waals surface area contributed by atoms with E-state index in [1.807, 2.05) is 25.1 Å². The number of rotatable bonds is 7. The second kappa shape index (κ2) is 9.60. The van der Waals surface area contributed by atoms with E-state index in [0.717, 1.165) is 5.56 Å². The molecule has 2 aromatic carbocycles. The van der Waals surface area contributed by atoms with Gasteiger partial charge >= 0.3 is 0 Å². The Labute approximate surface area is 174 Å². The normalized spacial score (nSPS) is 16.5. The maximum absolute atomic E-state index is 13.8. The first-order chi connectivity index (χ1) is 14.0. The molecule has 1 heterocycles. The van der Waals surface area contributed by atoms with Crippen LogP contribution in [0.1, 0.15) is 26.3 Å². The molecule has 0 atom stereocenters. The molecule has 0 aliphatic carbocycles. The topological polar surface area (TPSA) is 59.9 Å². The third-order valence-electron chi connectivity index (χ3n) is 3.86. The van der Waals surface area contributed by atoms with E-state index in [0.29, 0.717) is 40.7 Å². The average molecular weight is 415 g/mol. The fourth-order valence-corrected chi connectivity index (χ4v) is 3.38. The maximum atomic E-state index is 13.8. The highest BCUT2D eigenvalue weighted by molar-refractivity contribution is 8.18. The summed E-state index contributed by atoms with van der Waals surface area (Å²) in [5.74, 6) is 0.991. The van der Waals surface area contributed by atoms with Gasteiger partial charge in [0.2, 0.25) is 0 Å². The molecule has 1 fully saturated rings. The number of nitrogens with one attached hydrogen (secondary N) is 1. The number of amidine groups is 1. The molecule has 1 aliphatic rings. The monoisotopic (exact) mass is 414 g/mol. The van der Waals surface area contributed by atoms with Gasteiger partial charge in [0.25, 0.3) is 5.91 Å². The molecule has 0 spiro atoms. The van der Waals surface area contributed by atoms with Gasteiger partial charge in [0.15, 0.2) is 16.7 Å². The first kappa shape index (κ1) is 20.9. The number of aliphatic imine (C=N–C) groups is 1. The van der Waals surface area contributed by atoms with Crippen LogP contribution in [0.15, 0.2) is 52.4 Å². The molecule has 1 aliphatic heterocycles. The number of ether oxygens (including phenoxy) is 2. The van der Waals surface area contributed by atoms with Gasteiger partial charge in [-0.1, -0.05) is 32.0 Å². The predicted molar refractivity (Wildman–Crippen MR) is 115 cm³/mol. The Morgan fingerprint density at radius 3 is 2.69 bits per heavy atom. The van der Waals surface area contributed by atoms with Crippen molar-refractivity contribution in [2.45, 2.75) is 20.8 Å². The van der Waals surface area contributed by atoms with Crippen LogP contribution >= 0.6 is 11.8 Å². The average Bonchev–Trinajstić information content (AvgIpc) is 3.02. The number of halogens is 1. The summed E-state index contributed by atoms with van der Waals surface area (Å²) < 4.78 is 25.3. The second-order valence-electron chi connectivity index (χ2n) is 6.78. The fraction of sp³-hybridized carbons (Fsp3) is 0.273. The van der Waals surface area contributed by atoms with Crippen molar-refractivity contribution < 1.29 is 18.7 Å². The van der Waals surface area contributed by atoms with Crippen LogP contribution in [-0.4, -0.2) is 24.3 Å². The third kappa shape index (κ3) is 5.60. The number of hydrogen-bond acceptors (Lipinski definition) is 5. The number of thioether (sulfide) groups is 1. The van der Waals surface area contributed by atoms with Crippen LogP contribution in [0.5, 0.6) is 11.5 Å². The second-order valence-corrected chi connectivity index (χ2v) is 7.81. The van der Waals surface area contributed by atoms with Crippen molar-refractivity contribution >= 4 is 34.6 Å². The fourth-order valence-electron chi connectivity index (χ4n) is 2.54. The number of para-hydroxylation sites is 1. The lowest BCUT2D eigenvalue weighted by Gasteiger charge is -2.14. The molecular weight excluding hydrogens is 391 g/mol. The molecule has 1 saturated heterocycles. The van der Waals surface area contributed by atoms with Crippen molar-refractivity contribution in [2.24, 2.45) is 10.9 Å². The van der Waals surface area contributed by atoms with Gasteiger partial charge in [0, 0.05) is 0 Å². The third-order valence-corrected chi connectivity index (χ3v) is 4.77. The van der Waals surface area contributed by atoms with Crippen molar-refractivity contribution in [1.29, 1.82) is 0 Å². The largest absolute Gasteiger partial charge is 0.490 e. The molecular formula is C22H23FN2O3S.